The van der Waals surface area contributed by atoms with Crippen LogP contribution in [0, 0.1) is 0 Å². The van der Waals surface area contributed by atoms with Crippen molar-refractivity contribution in [1.82, 2.24) is 4.90 Å². The van der Waals surface area contributed by atoms with Crippen LogP contribution in [0.5, 0.6) is 11.5 Å². The summed E-state index contributed by atoms with van der Waals surface area (Å²) >= 11 is 0. The Labute approximate surface area is 111 Å². The van der Waals surface area contributed by atoms with Gasteiger partial charge in [-0.25, -0.2) is 4.79 Å². The highest BCUT2D eigenvalue weighted by Crippen LogP contribution is 2.31. The number of amides is 1. The first-order chi connectivity index (χ1) is 9.20. The van der Waals surface area contributed by atoms with Crippen molar-refractivity contribution >= 4 is 6.09 Å². The number of aliphatic hydroxyl groups is 1. The molecule has 1 N–H and O–H groups in total. The standard InChI is InChI=1S/C13H17NO5/c1-14(13(16)19-5-4-15)9-10-2-3-11-12(8-10)18-7-6-17-11/h2-3,8,15H,4-7,9H2,1H3. The summed E-state index contributed by atoms with van der Waals surface area (Å²) in [7, 11) is 1.64. The fourth-order valence-electron chi connectivity index (χ4n) is 1.77. The van der Waals surface area contributed by atoms with Crippen LogP contribution in [0.3, 0.4) is 0 Å². The van der Waals surface area contributed by atoms with Crippen LogP contribution in [0.1, 0.15) is 5.56 Å². The van der Waals surface area contributed by atoms with Gasteiger partial charge in [0, 0.05) is 13.6 Å². The van der Waals surface area contributed by atoms with Gasteiger partial charge in [-0.05, 0) is 17.7 Å². The third-order valence-electron chi connectivity index (χ3n) is 2.65. The quantitative estimate of drug-likeness (QED) is 0.882. The largest absolute Gasteiger partial charge is 0.486 e. The number of hydrogen-bond donors (Lipinski definition) is 1. The fraction of sp³-hybridized carbons (Fsp3) is 0.462. The summed E-state index contributed by atoms with van der Waals surface area (Å²) in [6.07, 6.45) is -0.469. The Hall–Kier alpha value is -1.95. The van der Waals surface area contributed by atoms with E-state index in [9.17, 15) is 4.79 Å². The van der Waals surface area contributed by atoms with Crippen molar-refractivity contribution < 1.29 is 24.1 Å². The van der Waals surface area contributed by atoms with Crippen LogP contribution in [0.15, 0.2) is 18.2 Å². The van der Waals surface area contributed by atoms with Crippen molar-refractivity contribution in [3.8, 4) is 11.5 Å². The Morgan fingerprint density at radius 1 is 1.37 bits per heavy atom. The highest BCUT2D eigenvalue weighted by molar-refractivity contribution is 5.67. The number of hydrogen-bond acceptors (Lipinski definition) is 5. The van der Waals surface area contributed by atoms with Gasteiger partial charge in [-0.3, -0.25) is 0 Å². The normalized spacial score (nSPS) is 12.9. The number of aliphatic hydroxyl groups excluding tert-OH is 1. The Morgan fingerprint density at radius 2 is 2.11 bits per heavy atom. The van der Waals surface area contributed by atoms with Crippen LogP contribution in [0.25, 0.3) is 0 Å². The summed E-state index contributed by atoms with van der Waals surface area (Å²) in [6.45, 7) is 1.32. The first-order valence-corrected chi connectivity index (χ1v) is 6.08. The van der Waals surface area contributed by atoms with Crippen LogP contribution in [0.2, 0.25) is 0 Å². The number of carbonyl (C=O) groups is 1. The summed E-state index contributed by atoms with van der Waals surface area (Å²) in [5.41, 5.74) is 0.924. The predicted molar refractivity (Wildman–Crippen MR) is 67.3 cm³/mol. The molecule has 1 heterocycles. The van der Waals surface area contributed by atoms with Gasteiger partial charge in [0.05, 0.1) is 6.61 Å². The molecular formula is C13H17NO5. The summed E-state index contributed by atoms with van der Waals surface area (Å²) in [5, 5.41) is 8.59. The van der Waals surface area contributed by atoms with Crippen molar-refractivity contribution in [1.29, 1.82) is 0 Å². The van der Waals surface area contributed by atoms with E-state index in [2.05, 4.69) is 0 Å². The van der Waals surface area contributed by atoms with Gasteiger partial charge in [0.15, 0.2) is 11.5 Å². The van der Waals surface area contributed by atoms with Gasteiger partial charge >= 0.3 is 6.09 Å². The molecule has 1 aromatic rings. The third kappa shape index (κ3) is 3.51. The number of benzene rings is 1. The van der Waals surface area contributed by atoms with Crippen LogP contribution >= 0.6 is 0 Å². The van der Waals surface area contributed by atoms with E-state index in [1.165, 1.54) is 4.90 Å². The molecule has 0 atom stereocenters. The maximum absolute atomic E-state index is 11.5. The van der Waals surface area contributed by atoms with Crippen molar-refractivity contribution in [2.45, 2.75) is 6.54 Å². The molecule has 6 nitrogen and oxygen atoms in total. The molecule has 0 aliphatic carbocycles. The second kappa shape index (κ2) is 6.29. The van der Waals surface area contributed by atoms with Crippen molar-refractivity contribution in [3.63, 3.8) is 0 Å². The van der Waals surface area contributed by atoms with Crippen molar-refractivity contribution in [2.75, 3.05) is 33.5 Å². The summed E-state index contributed by atoms with van der Waals surface area (Å²) in [5.74, 6) is 1.42. The molecule has 0 saturated carbocycles. The van der Waals surface area contributed by atoms with Crippen LogP contribution in [0.4, 0.5) is 4.79 Å². The average Bonchev–Trinajstić information content (AvgIpc) is 2.44. The Kier molecular flexibility index (Phi) is 4.46. The van der Waals surface area contributed by atoms with Gasteiger partial charge in [-0.2, -0.15) is 0 Å². The molecule has 0 radical (unpaired) electrons. The lowest BCUT2D eigenvalue weighted by molar-refractivity contribution is 0.0893. The molecule has 1 amide bonds. The number of rotatable bonds is 4. The van der Waals surface area contributed by atoms with Crippen LogP contribution < -0.4 is 9.47 Å². The molecule has 0 aromatic heterocycles. The van der Waals surface area contributed by atoms with Gasteiger partial charge in [0.1, 0.15) is 19.8 Å². The first kappa shape index (κ1) is 13.5. The van der Waals surface area contributed by atoms with Gasteiger partial charge in [0.25, 0.3) is 0 Å². The zero-order valence-electron chi connectivity index (χ0n) is 10.8. The van der Waals surface area contributed by atoms with Crippen LogP contribution in [-0.2, 0) is 11.3 Å². The average molecular weight is 267 g/mol. The summed E-state index contributed by atoms with van der Waals surface area (Å²) in [6, 6.07) is 5.56. The SMILES string of the molecule is CN(Cc1ccc2c(c1)OCCO2)C(=O)OCCO. The highest BCUT2D eigenvalue weighted by atomic mass is 16.6. The van der Waals surface area contributed by atoms with E-state index in [-0.39, 0.29) is 13.2 Å². The highest BCUT2D eigenvalue weighted by Gasteiger charge is 2.14. The number of ether oxygens (including phenoxy) is 3. The molecule has 1 aliphatic heterocycles. The number of nitrogens with zero attached hydrogens (tertiary/aromatic N) is 1. The number of fused-ring (bicyclic) bond motifs is 1. The second-order valence-corrected chi connectivity index (χ2v) is 4.17. The number of carbonyl (C=O) groups excluding carboxylic acids is 1. The Bertz CT molecular complexity index is 449. The van der Waals surface area contributed by atoms with E-state index in [0.717, 1.165) is 11.3 Å². The van der Waals surface area contributed by atoms with Gasteiger partial charge in [0.2, 0.25) is 0 Å². The molecule has 0 spiro atoms. The molecule has 0 unspecified atom stereocenters. The summed E-state index contributed by atoms with van der Waals surface area (Å²) in [4.78, 5) is 13.0. The van der Waals surface area contributed by atoms with Gasteiger partial charge in [-0.15, -0.1) is 0 Å². The molecule has 6 heteroatoms. The maximum atomic E-state index is 11.5. The zero-order chi connectivity index (χ0) is 13.7. The third-order valence-corrected chi connectivity index (χ3v) is 2.65. The maximum Gasteiger partial charge on any atom is 0.409 e. The monoisotopic (exact) mass is 267 g/mol. The zero-order valence-corrected chi connectivity index (χ0v) is 10.8. The molecule has 1 aliphatic rings. The smallest absolute Gasteiger partial charge is 0.409 e. The molecule has 0 saturated heterocycles. The minimum Gasteiger partial charge on any atom is -0.486 e. The van der Waals surface area contributed by atoms with E-state index >= 15 is 0 Å². The minimum atomic E-state index is -0.469. The van der Waals surface area contributed by atoms with E-state index in [1.807, 2.05) is 18.2 Å². The van der Waals surface area contributed by atoms with E-state index in [0.29, 0.717) is 25.5 Å². The van der Waals surface area contributed by atoms with Gasteiger partial charge in [-0.1, -0.05) is 6.07 Å². The molecule has 2 rings (SSSR count). The molecule has 1 aromatic carbocycles. The van der Waals surface area contributed by atoms with E-state index < -0.39 is 6.09 Å². The van der Waals surface area contributed by atoms with E-state index in [1.54, 1.807) is 7.05 Å². The molecular weight excluding hydrogens is 250 g/mol. The fourth-order valence-corrected chi connectivity index (χ4v) is 1.77. The molecule has 104 valence electrons. The lowest BCUT2D eigenvalue weighted by Crippen LogP contribution is -2.28. The lowest BCUT2D eigenvalue weighted by Gasteiger charge is -2.21. The van der Waals surface area contributed by atoms with Crippen molar-refractivity contribution in [3.05, 3.63) is 23.8 Å². The second-order valence-electron chi connectivity index (χ2n) is 4.17. The minimum absolute atomic E-state index is 0.00428. The Balaban J connectivity index is 1.97. The summed E-state index contributed by atoms with van der Waals surface area (Å²) < 4.78 is 15.7. The first-order valence-electron chi connectivity index (χ1n) is 6.08. The predicted octanol–water partition coefficient (Wildman–Crippen LogP) is 1.02. The van der Waals surface area contributed by atoms with Gasteiger partial charge < -0.3 is 24.2 Å². The topological polar surface area (TPSA) is 68.2 Å². The Morgan fingerprint density at radius 3 is 2.84 bits per heavy atom. The van der Waals surface area contributed by atoms with Crippen LogP contribution in [-0.4, -0.2) is 49.6 Å². The molecule has 19 heavy (non-hydrogen) atoms. The lowest BCUT2D eigenvalue weighted by atomic mass is 10.2. The van der Waals surface area contributed by atoms with E-state index in [4.69, 9.17) is 19.3 Å². The van der Waals surface area contributed by atoms with Crippen molar-refractivity contribution in [2.24, 2.45) is 0 Å². The molecule has 0 bridgehead atoms. The molecule has 0 fully saturated rings.